The standard InChI is InChI=1S/C23H25F3N4O2/c1-4-15(2)28-22-29-20(17-8-6-10-19(12-17)32-23(24,25)26)13-21(30-22)27-14-16-7-5-9-18(11-16)31-3/h5-13,15H,4,14H2,1-3H3,(H2,27,28,29,30)/t15-/m1/s1. The van der Waals surface area contributed by atoms with Crippen LogP contribution in [-0.4, -0.2) is 29.5 Å². The van der Waals surface area contributed by atoms with E-state index in [2.05, 4.69) is 25.3 Å². The minimum absolute atomic E-state index is 0.122. The number of aromatic nitrogens is 2. The van der Waals surface area contributed by atoms with Crippen LogP contribution in [0.1, 0.15) is 25.8 Å². The van der Waals surface area contributed by atoms with Gasteiger partial charge < -0.3 is 20.1 Å². The highest BCUT2D eigenvalue weighted by molar-refractivity contribution is 5.66. The molecule has 0 aliphatic rings. The van der Waals surface area contributed by atoms with Crippen molar-refractivity contribution in [3.8, 4) is 22.8 Å². The summed E-state index contributed by atoms with van der Waals surface area (Å²) in [5.41, 5.74) is 1.93. The fourth-order valence-corrected chi connectivity index (χ4v) is 2.90. The van der Waals surface area contributed by atoms with Gasteiger partial charge in [-0.05, 0) is 43.2 Å². The molecule has 170 valence electrons. The second-order valence-electron chi connectivity index (χ2n) is 7.20. The van der Waals surface area contributed by atoms with Crippen molar-refractivity contribution in [3.05, 3.63) is 60.2 Å². The van der Waals surface area contributed by atoms with Gasteiger partial charge in [-0.15, -0.1) is 13.2 Å². The molecule has 32 heavy (non-hydrogen) atoms. The first kappa shape index (κ1) is 23.2. The van der Waals surface area contributed by atoms with Gasteiger partial charge in [0.1, 0.15) is 17.3 Å². The van der Waals surface area contributed by atoms with E-state index in [-0.39, 0.29) is 11.8 Å². The van der Waals surface area contributed by atoms with Crippen molar-refractivity contribution in [2.45, 2.75) is 39.2 Å². The second kappa shape index (κ2) is 10.2. The molecule has 6 nitrogen and oxygen atoms in total. The van der Waals surface area contributed by atoms with Crippen LogP contribution in [0.15, 0.2) is 54.6 Å². The summed E-state index contributed by atoms with van der Waals surface area (Å²) in [6, 6.07) is 15.1. The van der Waals surface area contributed by atoms with Crippen molar-refractivity contribution in [3.63, 3.8) is 0 Å². The highest BCUT2D eigenvalue weighted by Gasteiger charge is 2.31. The van der Waals surface area contributed by atoms with E-state index in [0.29, 0.717) is 29.6 Å². The zero-order valence-corrected chi connectivity index (χ0v) is 18.0. The van der Waals surface area contributed by atoms with Gasteiger partial charge in [0, 0.05) is 24.2 Å². The molecule has 1 aromatic heterocycles. The lowest BCUT2D eigenvalue weighted by Crippen LogP contribution is -2.17. The zero-order chi connectivity index (χ0) is 23.1. The average Bonchev–Trinajstić information content (AvgIpc) is 2.76. The molecule has 9 heteroatoms. The third-order valence-electron chi connectivity index (χ3n) is 4.69. The number of halogens is 3. The van der Waals surface area contributed by atoms with E-state index in [1.807, 2.05) is 38.1 Å². The Morgan fingerprint density at radius 3 is 2.47 bits per heavy atom. The molecule has 1 heterocycles. The Morgan fingerprint density at radius 2 is 1.75 bits per heavy atom. The van der Waals surface area contributed by atoms with Gasteiger partial charge in [0.25, 0.3) is 0 Å². The van der Waals surface area contributed by atoms with E-state index in [1.165, 1.54) is 18.2 Å². The van der Waals surface area contributed by atoms with Gasteiger partial charge in [-0.2, -0.15) is 4.98 Å². The normalized spacial score (nSPS) is 12.2. The number of anilines is 2. The smallest absolute Gasteiger partial charge is 0.497 e. The SMILES string of the molecule is CC[C@@H](C)Nc1nc(NCc2cccc(OC)c2)cc(-c2cccc(OC(F)(F)F)c2)n1. The topological polar surface area (TPSA) is 68.3 Å². The Balaban J connectivity index is 1.90. The third-order valence-corrected chi connectivity index (χ3v) is 4.69. The van der Waals surface area contributed by atoms with Crippen LogP contribution in [0.25, 0.3) is 11.3 Å². The highest BCUT2D eigenvalue weighted by Crippen LogP contribution is 2.29. The van der Waals surface area contributed by atoms with Gasteiger partial charge in [-0.1, -0.05) is 31.2 Å². The summed E-state index contributed by atoms with van der Waals surface area (Å²) in [5, 5.41) is 6.47. The van der Waals surface area contributed by atoms with E-state index in [0.717, 1.165) is 17.7 Å². The molecule has 0 aliphatic heterocycles. The largest absolute Gasteiger partial charge is 0.573 e. The summed E-state index contributed by atoms with van der Waals surface area (Å²) in [6.07, 6.45) is -3.91. The summed E-state index contributed by atoms with van der Waals surface area (Å²) < 4.78 is 47.2. The number of benzene rings is 2. The van der Waals surface area contributed by atoms with Crippen molar-refractivity contribution >= 4 is 11.8 Å². The van der Waals surface area contributed by atoms with Crippen LogP contribution in [0.2, 0.25) is 0 Å². The molecule has 0 unspecified atom stereocenters. The molecule has 0 saturated heterocycles. The zero-order valence-electron chi connectivity index (χ0n) is 18.0. The van der Waals surface area contributed by atoms with Crippen LogP contribution in [0.4, 0.5) is 24.9 Å². The Bertz CT molecular complexity index is 1040. The van der Waals surface area contributed by atoms with Crippen molar-refractivity contribution in [2.75, 3.05) is 17.7 Å². The third kappa shape index (κ3) is 6.76. The Kier molecular flexibility index (Phi) is 7.40. The van der Waals surface area contributed by atoms with Crippen LogP contribution in [-0.2, 0) is 6.54 Å². The summed E-state index contributed by atoms with van der Waals surface area (Å²) in [4.78, 5) is 9.00. The molecule has 0 amide bonds. The van der Waals surface area contributed by atoms with Crippen molar-refractivity contribution < 1.29 is 22.6 Å². The first-order valence-corrected chi connectivity index (χ1v) is 10.1. The maximum absolute atomic E-state index is 12.6. The Labute approximate surface area is 184 Å². The van der Waals surface area contributed by atoms with E-state index >= 15 is 0 Å². The molecule has 0 spiro atoms. The number of hydrogen-bond acceptors (Lipinski definition) is 6. The number of methoxy groups -OCH3 is 1. The molecule has 0 radical (unpaired) electrons. The lowest BCUT2D eigenvalue weighted by molar-refractivity contribution is -0.274. The molecule has 0 aliphatic carbocycles. The highest BCUT2D eigenvalue weighted by atomic mass is 19.4. The van der Waals surface area contributed by atoms with Crippen LogP contribution in [0, 0.1) is 0 Å². The molecule has 2 aromatic carbocycles. The maximum atomic E-state index is 12.6. The van der Waals surface area contributed by atoms with Gasteiger partial charge in [-0.25, -0.2) is 4.98 Å². The van der Waals surface area contributed by atoms with Gasteiger partial charge in [0.15, 0.2) is 0 Å². The fraction of sp³-hybridized carbons (Fsp3) is 0.304. The molecule has 2 N–H and O–H groups in total. The molecule has 0 saturated carbocycles. The molecule has 3 aromatic rings. The molecule has 1 atom stereocenters. The average molecular weight is 446 g/mol. The van der Waals surface area contributed by atoms with E-state index in [1.54, 1.807) is 19.2 Å². The lowest BCUT2D eigenvalue weighted by Gasteiger charge is -2.15. The summed E-state index contributed by atoms with van der Waals surface area (Å²) in [5.74, 6) is 1.35. The molecular formula is C23H25F3N4O2. The minimum Gasteiger partial charge on any atom is -0.497 e. The number of rotatable bonds is 9. The quantitative estimate of drug-likeness (QED) is 0.428. The summed E-state index contributed by atoms with van der Waals surface area (Å²) >= 11 is 0. The number of nitrogens with one attached hydrogen (secondary N) is 2. The minimum atomic E-state index is -4.77. The van der Waals surface area contributed by atoms with Crippen LogP contribution in [0.3, 0.4) is 0 Å². The Hall–Kier alpha value is -3.49. The number of nitrogens with zero attached hydrogens (tertiary/aromatic N) is 2. The molecule has 0 bridgehead atoms. The van der Waals surface area contributed by atoms with E-state index in [9.17, 15) is 13.2 Å². The van der Waals surface area contributed by atoms with E-state index < -0.39 is 6.36 Å². The number of alkyl halides is 3. The van der Waals surface area contributed by atoms with Gasteiger partial charge in [0.2, 0.25) is 5.95 Å². The van der Waals surface area contributed by atoms with Gasteiger partial charge >= 0.3 is 6.36 Å². The first-order chi connectivity index (χ1) is 15.3. The van der Waals surface area contributed by atoms with E-state index in [4.69, 9.17) is 4.74 Å². The van der Waals surface area contributed by atoms with Gasteiger partial charge in [0.05, 0.1) is 12.8 Å². The molecular weight excluding hydrogens is 421 g/mol. The van der Waals surface area contributed by atoms with Crippen molar-refractivity contribution in [1.82, 2.24) is 9.97 Å². The van der Waals surface area contributed by atoms with Crippen molar-refractivity contribution in [2.24, 2.45) is 0 Å². The predicted molar refractivity (Wildman–Crippen MR) is 118 cm³/mol. The maximum Gasteiger partial charge on any atom is 0.573 e. The summed E-state index contributed by atoms with van der Waals surface area (Å²) in [7, 11) is 1.60. The molecule has 0 fully saturated rings. The number of hydrogen-bond donors (Lipinski definition) is 2. The van der Waals surface area contributed by atoms with Crippen LogP contribution in [0.5, 0.6) is 11.5 Å². The predicted octanol–water partition coefficient (Wildman–Crippen LogP) is 5.87. The van der Waals surface area contributed by atoms with Gasteiger partial charge in [-0.3, -0.25) is 0 Å². The summed E-state index contributed by atoms with van der Waals surface area (Å²) in [6.45, 7) is 4.51. The molecule has 3 rings (SSSR count). The van der Waals surface area contributed by atoms with Crippen LogP contribution >= 0.6 is 0 Å². The fourth-order valence-electron chi connectivity index (χ4n) is 2.90. The monoisotopic (exact) mass is 446 g/mol. The number of ether oxygens (including phenoxy) is 2. The second-order valence-corrected chi connectivity index (χ2v) is 7.20. The first-order valence-electron chi connectivity index (χ1n) is 10.1. The van der Waals surface area contributed by atoms with Crippen molar-refractivity contribution in [1.29, 1.82) is 0 Å². The lowest BCUT2D eigenvalue weighted by atomic mass is 10.1. The Morgan fingerprint density at radius 1 is 1.00 bits per heavy atom. The van der Waals surface area contributed by atoms with Crippen LogP contribution < -0.4 is 20.1 Å².